The highest BCUT2D eigenvalue weighted by molar-refractivity contribution is 5.81. The van der Waals surface area contributed by atoms with E-state index in [0.29, 0.717) is 6.42 Å². The molecule has 0 aromatic rings. The average Bonchev–Trinajstić information content (AvgIpc) is 2.65. The highest BCUT2D eigenvalue weighted by atomic mass is 16.2. The molecule has 4 nitrogen and oxygen atoms in total. The van der Waals surface area contributed by atoms with Gasteiger partial charge in [-0.15, -0.1) is 0 Å². The largest absolute Gasteiger partial charge is 0.358 e. The van der Waals surface area contributed by atoms with E-state index in [1.807, 2.05) is 6.92 Å². The summed E-state index contributed by atoms with van der Waals surface area (Å²) in [5.74, 6) is 0.0762. The third-order valence-electron chi connectivity index (χ3n) is 2.80. The molecule has 1 heterocycles. The lowest BCUT2D eigenvalue weighted by Crippen LogP contribution is -2.45. The molecule has 1 rings (SSSR count). The van der Waals surface area contributed by atoms with Gasteiger partial charge in [0.15, 0.2) is 0 Å². The van der Waals surface area contributed by atoms with E-state index < -0.39 is 0 Å². The lowest BCUT2D eigenvalue weighted by atomic mass is 10.1. The molecule has 0 radical (unpaired) electrons. The quantitative estimate of drug-likeness (QED) is 0.713. The van der Waals surface area contributed by atoms with Crippen molar-refractivity contribution in [3.63, 3.8) is 0 Å². The number of nitrogens with zero attached hydrogens (tertiary/aromatic N) is 2. The first-order chi connectivity index (χ1) is 6.70. The van der Waals surface area contributed by atoms with Gasteiger partial charge in [-0.3, -0.25) is 9.69 Å². The van der Waals surface area contributed by atoms with Gasteiger partial charge < -0.3 is 5.32 Å². The Bertz CT molecular complexity index is 246. The first-order valence-electron chi connectivity index (χ1n) is 5.05. The maximum Gasteiger partial charge on any atom is 0.237 e. The predicted molar refractivity (Wildman–Crippen MR) is 53.5 cm³/mol. The zero-order valence-corrected chi connectivity index (χ0v) is 8.79. The van der Waals surface area contributed by atoms with Crippen molar-refractivity contribution in [1.82, 2.24) is 10.2 Å². The second-order valence-corrected chi connectivity index (χ2v) is 3.72. The van der Waals surface area contributed by atoms with E-state index in [1.54, 1.807) is 7.05 Å². The van der Waals surface area contributed by atoms with Gasteiger partial charge in [0.2, 0.25) is 5.91 Å². The van der Waals surface area contributed by atoms with Gasteiger partial charge in [0, 0.05) is 13.1 Å². The lowest BCUT2D eigenvalue weighted by molar-refractivity contribution is -0.125. The third-order valence-corrected chi connectivity index (χ3v) is 2.80. The van der Waals surface area contributed by atoms with Crippen molar-refractivity contribution >= 4 is 5.91 Å². The van der Waals surface area contributed by atoms with Crippen molar-refractivity contribution in [2.24, 2.45) is 0 Å². The van der Waals surface area contributed by atoms with Gasteiger partial charge in [0.05, 0.1) is 18.5 Å². The Kier molecular flexibility index (Phi) is 3.90. The Morgan fingerprint density at radius 3 is 3.07 bits per heavy atom. The van der Waals surface area contributed by atoms with Crippen molar-refractivity contribution in [3.05, 3.63) is 0 Å². The van der Waals surface area contributed by atoms with Crippen LogP contribution in [0.3, 0.4) is 0 Å². The number of likely N-dealkylation sites (tertiary alicyclic amines) is 1. The number of nitrogens with one attached hydrogen (secondary N) is 1. The molecule has 0 bridgehead atoms. The van der Waals surface area contributed by atoms with Gasteiger partial charge in [-0.2, -0.15) is 5.26 Å². The monoisotopic (exact) mass is 195 g/mol. The topological polar surface area (TPSA) is 56.1 Å². The first kappa shape index (κ1) is 11.0. The van der Waals surface area contributed by atoms with Gasteiger partial charge in [-0.25, -0.2) is 0 Å². The van der Waals surface area contributed by atoms with E-state index in [2.05, 4.69) is 16.3 Å². The Morgan fingerprint density at radius 2 is 2.50 bits per heavy atom. The number of likely N-dealkylation sites (N-methyl/N-ethyl adjacent to an activating group) is 1. The van der Waals surface area contributed by atoms with E-state index in [4.69, 9.17) is 5.26 Å². The van der Waals surface area contributed by atoms with E-state index >= 15 is 0 Å². The zero-order valence-electron chi connectivity index (χ0n) is 8.79. The molecule has 1 aliphatic heterocycles. The van der Waals surface area contributed by atoms with Crippen LogP contribution in [-0.4, -0.2) is 36.5 Å². The fourth-order valence-corrected chi connectivity index (χ4v) is 2.01. The van der Waals surface area contributed by atoms with E-state index in [9.17, 15) is 4.79 Å². The lowest BCUT2D eigenvalue weighted by Gasteiger charge is -2.27. The van der Waals surface area contributed by atoms with Crippen molar-refractivity contribution < 1.29 is 4.79 Å². The SMILES string of the molecule is CNC(=O)C1CCCN1C(C)CC#N. The molecule has 14 heavy (non-hydrogen) atoms. The molecule has 4 heteroatoms. The molecular weight excluding hydrogens is 178 g/mol. The van der Waals surface area contributed by atoms with E-state index in [1.165, 1.54) is 0 Å². The van der Waals surface area contributed by atoms with Crippen LogP contribution in [0.4, 0.5) is 0 Å². The van der Waals surface area contributed by atoms with Crippen molar-refractivity contribution in [3.8, 4) is 6.07 Å². The van der Waals surface area contributed by atoms with Crippen LogP contribution in [0.2, 0.25) is 0 Å². The van der Waals surface area contributed by atoms with Crippen LogP contribution in [0, 0.1) is 11.3 Å². The molecule has 0 spiro atoms. The number of carbonyl (C=O) groups is 1. The summed E-state index contributed by atoms with van der Waals surface area (Å²) >= 11 is 0. The minimum absolute atomic E-state index is 0.0247. The number of hydrogen-bond donors (Lipinski definition) is 1. The van der Waals surface area contributed by atoms with Gasteiger partial charge in [0.25, 0.3) is 0 Å². The molecule has 0 aliphatic carbocycles. The Hall–Kier alpha value is -1.08. The maximum absolute atomic E-state index is 11.5. The van der Waals surface area contributed by atoms with Crippen LogP contribution in [0.1, 0.15) is 26.2 Å². The summed E-state index contributed by atoms with van der Waals surface area (Å²) in [6.45, 7) is 2.94. The highest BCUT2D eigenvalue weighted by Gasteiger charge is 2.32. The normalized spacial score (nSPS) is 24.2. The Balaban J connectivity index is 2.59. The Morgan fingerprint density at radius 1 is 1.79 bits per heavy atom. The van der Waals surface area contributed by atoms with Crippen molar-refractivity contribution in [1.29, 1.82) is 5.26 Å². The number of rotatable bonds is 3. The van der Waals surface area contributed by atoms with Crippen LogP contribution >= 0.6 is 0 Å². The molecule has 2 atom stereocenters. The molecule has 2 unspecified atom stereocenters. The fourth-order valence-electron chi connectivity index (χ4n) is 2.01. The molecular formula is C10H17N3O. The van der Waals surface area contributed by atoms with Crippen LogP contribution in [0.5, 0.6) is 0 Å². The summed E-state index contributed by atoms with van der Waals surface area (Å²) in [6, 6.07) is 2.31. The van der Waals surface area contributed by atoms with Gasteiger partial charge in [-0.1, -0.05) is 0 Å². The number of nitriles is 1. The van der Waals surface area contributed by atoms with E-state index in [-0.39, 0.29) is 18.0 Å². The van der Waals surface area contributed by atoms with Gasteiger partial charge in [0.1, 0.15) is 0 Å². The summed E-state index contributed by atoms with van der Waals surface area (Å²) in [5.41, 5.74) is 0. The summed E-state index contributed by atoms with van der Waals surface area (Å²) in [7, 11) is 1.66. The van der Waals surface area contributed by atoms with Gasteiger partial charge in [-0.05, 0) is 26.3 Å². The molecule has 78 valence electrons. The Labute approximate surface area is 84.9 Å². The van der Waals surface area contributed by atoms with Gasteiger partial charge >= 0.3 is 0 Å². The molecule has 1 amide bonds. The summed E-state index contributed by atoms with van der Waals surface area (Å²) in [4.78, 5) is 13.6. The maximum atomic E-state index is 11.5. The van der Waals surface area contributed by atoms with Crippen molar-refractivity contribution in [2.75, 3.05) is 13.6 Å². The minimum Gasteiger partial charge on any atom is -0.358 e. The molecule has 0 aromatic carbocycles. The molecule has 1 saturated heterocycles. The van der Waals surface area contributed by atoms with Crippen LogP contribution in [0.25, 0.3) is 0 Å². The number of carbonyl (C=O) groups excluding carboxylic acids is 1. The van der Waals surface area contributed by atoms with Crippen molar-refractivity contribution in [2.45, 2.75) is 38.3 Å². The smallest absolute Gasteiger partial charge is 0.237 e. The molecule has 0 saturated carbocycles. The fraction of sp³-hybridized carbons (Fsp3) is 0.800. The third kappa shape index (κ3) is 2.24. The second kappa shape index (κ2) is 4.97. The summed E-state index contributed by atoms with van der Waals surface area (Å²) in [5, 5.41) is 11.3. The number of hydrogen-bond acceptors (Lipinski definition) is 3. The highest BCUT2D eigenvalue weighted by Crippen LogP contribution is 2.21. The molecule has 1 N–H and O–H groups in total. The molecule has 0 aromatic heterocycles. The second-order valence-electron chi connectivity index (χ2n) is 3.72. The number of amides is 1. The summed E-state index contributed by atoms with van der Waals surface area (Å²) < 4.78 is 0. The van der Waals surface area contributed by atoms with Crippen LogP contribution < -0.4 is 5.32 Å². The average molecular weight is 195 g/mol. The summed E-state index contributed by atoms with van der Waals surface area (Å²) in [6.07, 6.45) is 2.46. The predicted octanol–water partition coefficient (Wildman–Crippen LogP) is 0.499. The van der Waals surface area contributed by atoms with E-state index in [0.717, 1.165) is 19.4 Å². The molecule has 1 fully saturated rings. The van der Waals surface area contributed by atoms with Crippen LogP contribution in [-0.2, 0) is 4.79 Å². The standard InChI is InChI=1S/C10H17N3O/c1-8(5-6-11)13-7-3-4-9(13)10(14)12-2/h8-9H,3-5,7H2,1-2H3,(H,12,14). The zero-order chi connectivity index (χ0) is 10.6. The molecule has 1 aliphatic rings. The minimum atomic E-state index is -0.0247. The first-order valence-corrected chi connectivity index (χ1v) is 5.05. The van der Waals surface area contributed by atoms with Crippen LogP contribution in [0.15, 0.2) is 0 Å².